The molecule has 1 aliphatic rings. The van der Waals surface area contributed by atoms with Crippen LogP contribution >= 0.6 is 0 Å². The van der Waals surface area contributed by atoms with Gasteiger partial charge in [-0.05, 0) is 12.0 Å². The molecule has 0 aromatic heterocycles. The van der Waals surface area contributed by atoms with Gasteiger partial charge in [0.15, 0.2) is 0 Å². The van der Waals surface area contributed by atoms with Crippen molar-refractivity contribution in [2.24, 2.45) is 0 Å². The van der Waals surface area contributed by atoms with Crippen LogP contribution in [0.15, 0.2) is 30.3 Å². The van der Waals surface area contributed by atoms with Crippen molar-refractivity contribution in [1.82, 2.24) is 10.9 Å². The maximum Gasteiger partial charge on any atom is 0.510 e. The summed E-state index contributed by atoms with van der Waals surface area (Å²) in [5, 5.41) is 0. The molecule has 1 aromatic carbocycles. The van der Waals surface area contributed by atoms with E-state index in [1.807, 2.05) is 30.3 Å². The number of carbonyl (C=O) groups excluding carboxylic acids is 2. The van der Waals surface area contributed by atoms with E-state index >= 15 is 0 Å². The van der Waals surface area contributed by atoms with E-state index in [2.05, 4.69) is 15.6 Å². The van der Waals surface area contributed by atoms with Crippen LogP contribution in [0.2, 0.25) is 0 Å². The zero-order valence-electron chi connectivity index (χ0n) is 11.8. The highest BCUT2D eigenvalue weighted by atomic mass is 16.7. The summed E-state index contributed by atoms with van der Waals surface area (Å²) in [7, 11) is 1.18. The van der Waals surface area contributed by atoms with Gasteiger partial charge in [0, 0.05) is 13.0 Å². The predicted molar refractivity (Wildman–Crippen MR) is 72.8 cm³/mol. The summed E-state index contributed by atoms with van der Waals surface area (Å²) in [6.45, 7) is 0.770. The molecular weight excluding hydrogens is 276 g/mol. The second-order valence-electron chi connectivity index (χ2n) is 4.60. The number of hydrogen-bond donors (Lipinski definition) is 2. The highest BCUT2D eigenvalue weighted by Gasteiger charge is 2.46. The van der Waals surface area contributed by atoms with Gasteiger partial charge in [0.05, 0.1) is 7.11 Å². The molecule has 1 atom stereocenters. The Morgan fingerprint density at radius 3 is 2.67 bits per heavy atom. The number of benzene rings is 1. The molecule has 114 valence electrons. The van der Waals surface area contributed by atoms with Crippen molar-refractivity contribution in [3.8, 4) is 0 Å². The van der Waals surface area contributed by atoms with Gasteiger partial charge in [-0.3, -0.25) is 5.43 Å². The van der Waals surface area contributed by atoms with Crippen LogP contribution in [0.3, 0.4) is 0 Å². The molecule has 7 heteroatoms. The monoisotopic (exact) mass is 294 g/mol. The third kappa shape index (κ3) is 3.93. The number of hydrogen-bond acceptors (Lipinski definition) is 7. The van der Waals surface area contributed by atoms with Gasteiger partial charge in [-0.15, -0.1) is 0 Å². The fourth-order valence-electron chi connectivity index (χ4n) is 1.99. The van der Waals surface area contributed by atoms with Crippen LogP contribution in [0.25, 0.3) is 0 Å². The Kier molecular flexibility index (Phi) is 5.13. The second-order valence-corrected chi connectivity index (χ2v) is 4.60. The molecule has 1 unspecified atom stereocenters. The SMILES string of the molecule is COC(=O)OC1(C(=O)OCc2ccccc2)CCCNN1. The first kappa shape index (κ1) is 15.3. The molecule has 7 nitrogen and oxygen atoms in total. The van der Waals surface area contributed by atoms with E-state index in [4.69, 9.17) is 9.47 Å². The number of methoxy groups -OCH3 is 1. The minimum atomic E-state index is -1.56. The molecule has 0 radical (unpaired) electrons. The van der Waals surface area contributed by atoms with Crippen molar-refractivity contribution >= 4 is 12.1 Å². The van der Waals surface area contributed by atoms with E-state index < -0.39 is 17.8 Å². The lowest BCUT2D eigenvalue weighted by Gasteiger charge is -2.34. The van der Waals surface area contributed by atoms with Gasteiger partial charge < -0.3 is 14.2 Å². The van der Waals surface area contributed by atoms with Crippen LogP contribution in [0.1, 0.15) is 18.4 Å². The lowest BCUT2D eigenvalue weighted by Crippen LogP contribution is -2.63. The van der Waals surface area contributed by atoms with Gasteiger partial charge in [-0.2, -0.15) is 0 Å². The second kappa shape index (κ2) is 7.05. The van der Waals surface area contributed by atoms with E-state index in [9.17, 15) is 9.59 Å². The van der Waals surface area contributed by atoms with Crippen LogP contribution in [0.4, 0.5) is 4.79 Å². The third-order valence-corrected chi connectivity index (χ3v) is 3.09. The minimum Gasteiger partial charge on any atom is -0.457 e. The van der Waals surface area contributed by atoms with Crippen molar-refractivity contribution in [2.45, 2.75) is 25.2 Å². The van der Waals surface area contributed by atoms with Crippen molar-refractivity contribution in [3.05, 3.63) is 35.9 Å². The zero-order valence-corrected chi connectivity index (χ0v) is 11.8. The summed E-state index contributed by atoms with van der Waals surface area (Å²) in [4.78, 5) is 23.6. The third-order valence-electron chi connectivity index (χ3n) is 3.09. The summed E-state index contributed by atoms with van der Waals surface area (Å²) in [5.41, 5.74) is 4.78. The van der Waals surface area contributed by atoms with E-state index in [0.29, 0.717) is 19.4 Å². The Morgan fingerprint density at radius 1 is 1.29 bits per heavy atom. The summed E-state index contributed by atoms with van der Waals surface area (Å²) in [5.74, 6) is -0.663. The Morgan fingerprint density at radius 2 is 2.05 bits per heavy atom. The van der Waals surface area contributed by atoms with Gasteiger partial charge in [0.25, 0.3) is 5.72 Å². The van der Waals surface area contributed by atoms with Crippen LogP contribution in [-0.2, 0) is 25.6 Å². The smallest absolute Gasteiger partial charge is 0.457 e. The maximum atomic E-state index is 12.3. The Hall–Kier alpha value is -2.12. The largest absolute Gasteiger partial charge is 0.510 e. The first-order chi connectivity index (χ1) is 10.2. The molecule has 21 heavy (non-hydrogen) atoms. The minimum absolute atomic E-state index is 0.105. The van der Waals surface area contributed by atoms with E-state index in [1.165, 1.54) is 7.11 Å². The van der Waals surface area contributed by atoms with Crippen molar-refractivity contribution < 1.29 is 23.8 Å². The molecule has 0 saturated carbocycles. The van der Waals surface area contributed by atoms with Crippen LogP contribution in [0.5, 0.6) is 0 Å². The molecule has 2 rings (SSSR count). The normalized spacial score (nSPS) is 21.4. The highest BCUT2D eigenvalue weighted by molar-refractivity contribution is 5.81. The van der Waals surface area contributed by atoms with Gasteiger partial charge in [0.1, 0.15) is 6.61 Å². The van der Waals surface area contributed by atoms with Gasteiger partial charge in [-0.25, -0.2) is 15.0 Å². The first-order valence-electron chi connectivity index (χ1n) is 6.64. The molecule has 0 amide bonds. The fourth-order valence-corrected chi connectivity index (χ4v) is 1.99. The van der Waals surface area contributed by atoms with Crippen molar-refractivity contribution in [1.29, 1.82) is 0 Å². The highest BCUT2D eigenvalue weighted by Crippen LogP contribution is 2.20. The number of nitrogens with one attached hydrogen (secondary N) is 2. The average molecular weight is 294 g/mol. The number of hydrazine groups is 1. The number of ether oxygens (including phenoxy) is 3. The van der Waals surface area contributed by atoms with Gasteiger partial charge >= 0.3 is 12.1 Å². The number of esters is 1. The standard InChI is InChI=1S/C14H18N2O5/c1-19-13(18)21-14(8-5-9-15-16-14)12(17)20-10-11-6-3-2-4-7-11/h2-4,6-7,15-16H,5,8-10H2,1H3. The van der Waals surface area contributed by atoms with Gasteiger partial charge in [-0.1, -0.05) is 30.3 Å². The van der Waals surface area contributed by atoms with Crippen LogP contribution < -0.4 is 10.9 Å². The van der Waals surface area contributed by atoms with Crippen LogP contribution in [0, 0.1) is 0 Å². The summed E-state index contributed by atoms with van der Waals surface area (Å²) < 4.78 is 14.8. The molecule has 0 spiro atoms. The maximum absolute atomic E-state index is 12.3. The predicted octanol–water partition coefficient (Wildman–Crippen LogP) is 1.10. The Bertz CT molecular complexity index is 485. The molecule has 0 bridgehead atoms. The molecule has 1 aromatic rings. The molecule has 2 N–H and O–H groups in total. The molecule has 1 saturated heterocycles. The van der Waals surface area contributed by atoms with Gasteiger partial charge in [0.2, 0.25) is 0 Å². The van der Waals surface area contributed by atoms with Crippen LogP contribution in [-0.4, -0.2) is 31.5 Å². The lowest BCUT2D eigenvalue weighted by atomic mass is 10.1. The van der Waals surface area contributed by atoms with E-state index in [0.717, 1.165) is 5.56 Å². The molecule has 1 heterocycles. The molecular formula is C14H18N2O5. The summed E-state index contributed by atoms with van der Waals surface area (Å²) in [6, 6.07) is 9.26. The topological polar surface area (TPSA) is 85.9 Å². The first-order valence-corrected chi connectivity index (χ1v) is 6.64. The molecule has 0 aliphatic carbocycles. The molecule has 1 fully saturated rings. The van der Waals surface area contributed by atoms with Crippen molar-refractivity contribution in [3.63, 3.8) is 0 Å². The summed E-state index contributed by atoms with van der Waals surface area (Å²) >= 11 is 0. The quantitative estimate of drug-likeness (QED) is 0.804. The fraction of sp³-hybridized carbons (Fsp3) is 0.429. The average Bonchev–Trinajstić information content (AvgIpc) is 2.54. The Balaban J connectivity index is 2.02. The van der Waals surface area contributed by atoms with Crippen molar-refractivity contribution in [2.75, 3.05) is 13.7 Å². The molecule has 1 aliphatic heterocycles. The Labute approximate surface area is 122 Å². The number of carbonyl (C=O) groups is 2. The summed E-state index contributed by atoms with van der Waals surface area (Å²) in [6.07, 6.45) is 0.0236. The van der Waals surface area contributed by atoms with E-state index in [1.54, 1.807) is 0 Å². The lowest BCUT2D eigenvalue weighted by molar-refractivity contribution is -0.178. The zero-order chi connectivity index (χ0) is 15.1. The number of rotatable bonds is 4. The van der Waals surface area contributed by atoms with E-state index in [-0.39, 0.29) is 6.61 Å².